The average molecular weight is 297 g/mol. The number of nitrogens with zero attached hydrogens (tertiary/aromatic N) is 2. The van der Waals surface area contributed by atoms with Crippen molar-refractivity contribution in [3.05, 3.63) is 0 Å². The lowest BCUT2D eigenvalue weighted by molar-refractivity contribution is -0.133. The molecule has 2 aliphatic rings. The summed E-state index contributed by atoms with van der Waals surface area (Å²) in [5.74, 6) is -0.391. The fourth-order valence-corrected chi connectivity index (χ4v) is 3.06. The molecule has 0 spiro atoms. The van der Waals surface area contributed by atoms with Crippen LogP contribution in [0.25, 0.3) is 0 Å². The van der Waals surface area contributed by atoms with Crippen LogP contribution in [0.1, 0.15) is 32.6 Å². The lowest BCUT2D eigenvalue weighted by atomic mass is 10.0. The number of hydrogen-bond donors (Lipinski definition) is 1. The summed E-state index contributed by atoms with van der Waals surface area (Å²) in [6, 6.07) is 0.586. The van der Waals surface area contributed by atoms with Gasteiger partial charge >= 0.3 is 0 Å². The molecule has 2 amide bonds. The molecule has 2 saturated heterocycles. The third-order valence-corrected chi connectivity index (χ3v) is 4.66. The summed E-state index contributed by atoms with van der Waals surface area (Å²) in [5, 5.41) is 0. The molecule has 0 aromatic carbocycles. The average Bonchev–Trinajstić information content (AvgIpc) is 2.53. The van der Waals surface area contributed by atoms with Crippen LogP contribution in [0.5, 0.6) is 0 Å². The van der Waals surface area contributed by atoms with E-state index in [1.165, 1.54) is 0 Å². The van der Waals surface area contributed by atoms with Gasteiger partial charge in [-0.05, 0) is 19.3 Å². The van der Waals surface area contributed by atoms with E-state index in [1.54, 1.807) is 6.92 Å². The minimum absolute atomic E-state index is 0.156. The van der Waals surface area contributed by atoms with E-state index in [0.717, 1.165) is 52.2 Å². The highest BCUT2D eigenvalue weighted by molar-refractivity contribution is 5.79. The Morgan fingerprint density at radius 1 is 1.19 bits per heavy atom. The lowest BCUT2D eigenvalue weighted by Crippen LogP contribution is -2.50. The van der Waals surface area contributed by atoms with Gasteiger partial charge in [0.25, 0.3) is 0 Å². The SMILES string of the molecule is C[C@@H](CCC(=O)N1CCC(N2CCOCC2)CC1)C(N)=O. The van der Waals surface area contributed by atoms with Crippen molar-refractivity contribution in [1.82, 2.24) is 9.80 Å². The number of morpholine rings is 1. The standard InChI is InChI=1S/C15H27N3O3/c1-12(15(16)20)2-3-14(19)18-6-4-13(5-7-18)17-8-10-21-11-9-17/h12-13H,2-11H2,1H3,(H2,16,20)/t12-/m0/s1. The molecule has 0 aromatic rings. The summed E-state index contributed by atoms with van der Waals surface area (Å²) in [7, 11) is 0. The molecule has 120 valence electrons. The summed E-state index contributed by atoms with van der Waals surface area (Å²) >= 11 is 0. The number of carbonyl (C=O) groups excluding carboxylic acids is 2. The first kappa shape index (κ1) is 16.2. The van der Waals surface area contributed by atoms with Crippen molar-refractivity contribution in [2.45, 2.75) is 38.6 Å². The van der Waals surface area contributed by atoms with E-state index in [0.29, 0.717) is 18.9 Å². The summed E-state index contributed by atoms with van der Waals surface area (Å²) in [4.78, 5) is 27.6. The molecule has 0 aliphatic carbocycles. The molecule has 0 saturated carbocycles. The Balaban J connectivity index is 1.70. The number of ether oxygens (including phenoxy) is 1. The van der Waals surface area contributed by atoms with Crippen molar-refractivity contribution in [3.63, 3.8) is 0 Å². The van der Waals surface area contributed by atoms with Gasteiger partial charge in [-0.3, -0.25) is 14.5 Å². The zero-order chi connectivity index (χ0) is 15.2. The molecule has 6 nitrogen and oxygen atoms in total. The number of piperidine rings is 1. The van der Waals surface area contributed by atoms with Gasteiger partial charge in [-0.25, -0.2) is 0 Å². The van der Waals surface area contributed by atoms with Gasteiger partial charge in [0.1, 0.15) is 0 Å². The Labute approximate surface area is 126 Å². The van der Waals surface area contributed by atoms with Crippen LogP contribution in [0, 0.1) is 5.92 Å². The van der Waals surface area contributed by atoms with Crippen molar-refractivity contribution in [3.8, 4) is 0 Å². The van der Waals surface area contributed by atoms with Crippen LogP contribution in [0.3, 0.4) is 0 Å². The van der Waals surface area contributed by atoms with Crippen molar-refractivity contribution < 1.29 is 14.3 Å². The molecule has 0 bridgehead atoms. The highest BCUT2D eigenvalue weighted by Crippen LogP contribution is 2.19. The van der Waals surface area contributed by atoms with Gasteiger partial charge < -0.3 is 15.4 Å². The summed E-state index contributed by atoms with van der Waals surface area (Å²) in [6.45, 7) is 7.09. The number of rotatable bonds is 5. The number of amides is 2. The maximum Gasteiger partial charge on any atom is 0.222 e. The Bertz CT molecular complexity index is 361. The molecular formula is C15H27N3O3. The number of primary amides is 1. The van der Waals surface area contributed by atoms with Crippen molar-refractivity contribution >= 4 is 11.8 Å². The van der Waals surface area contributed by atoms with Crippen LogP contribution >= 0.6 is 0 Å². The number of carbonyl (C=O) groups is 2. The van der Waals surface area contributed by atoms with Crippen molar-refractivity contribution in [2.24, 2.45) is 11.7 Å². The first-order valence-corrected chi connectivity index (χ1v) is 7.97. The Hall–Kier alpha value is -1.14. The van der Waals surface area contributed by atoms with E-state index in [-0.39, 0.29) is 17.7 Å². The van der Waals surface area contributed by atoms with E-state index in [4.69, 9.17) is 10.5 Å². The molecule has 0 aromatic heterocycles. The molecular weight excluding hydrogens is 270 g/mol. The van der Waals surface area contributed by atoms with E-state index in [1.807, 2.05) is 4.90 Å². The molecule has 2 rings (SSSR count). The van der Waals surface area contributed by atoms with Crippen LogP contribution < -0.4 is 5.73 Å². The topological polar surface area (TPSA) is 75.9 Å². The molecule has 2 aliphatic heterocycles. The van der Waals surface area contributed by atoms with Gasteiger partial charge in [0.15, 0.2) is 0 Å². The van der Waals surface area contributed by atoms with Crippen LogP contribution in [0.4, 0.5) is 0 Å². The predicted octanol–water partition coefficient (Wildman–Crippen LogP) is 0.211. The second-order valence-corrected chi connectivity index (χ2v) is 6.10. The summed E-state index contributed by atoms with van der Waals surface area (Å²) in [6.07, 6.45) is 3.05. The third kappa shape index (κ3) is 4.68. The van der Waals surface area contributed by atoms with E-state index >= 15 is 0 Å². The minimum atomic E-state index is -0.325. The van der Waals surface area contributed by atoms with E-state index in [2.05, 4.69) is 4.90 Å². The number of likely N-dealkylation sites (tertiary alicyclic amines) is 1. The van der Waals surface area contributed by atoms with Gasteiger partial charge in [-0.1, -0.05) is 6.92 Å². The van der Waals surface area contributed by atoms with Crippen LogP contribution in [0.15, 0.2) is 0 Å². The number of nitrogens with two attached hydrogens (primary N) is 1. The summed E-state index contributed by atoms with van der Waals surface area (Å²) in [5.41, 5.74) is 5.22. The highest BCUT2D eigenvalue weighted by atomic mass is 16.5. The summed E-state index contributed by atoms with van der Waals surface area (Å²) < 4.78 is 5.38. The van der Waals surface area contributed by atoms with Gasteiger partial charge in [0.05, 0.1) is 13.2 Å². The molecule has 6 heteroatoms. The maximum absolute atomic E-state index is 12.1. The molecule has 2 N–H and O–H groups in total. The molecule has 0 unspecified atom stereocenters. The fourth-order valence-electron chi connectivity index (χ4n) is 3.06. The Morgan fingerprint density at radius 3 is 2.38 bits per heavy atom. The smallest absolute Gasteiger partial charge is 0.222 e. The zero-order valence-electron chi connectivity index (χ0n) is 12.9. The second kappa shape index (κ2) is 7.75. The second-order valence-electron chi connectivity index (χ2n) is 6.10. The van der Waals surface area contributed by atoms with Gasteiger partial charge in [-0.15, -0.1) is 0 Å². The minimum Gasteiger partial charge on any atom is -0.379 e. The normalized spacial score (nSPS) is 23.0. The molecule has 0 radical (unpaired) electrons. The first-order chi connectivity index (χ1) is 10.1. The molecule has 2 heterocycles. The lowest BCUT2D eigenvalue weighted by Gasteiger charge is -2.40. The van der Waals surface area contributed by atoms with Crippen molar-refractivity contribution in [1.29, 1.82) is 0 Å². The molecule has 1 atom stereocenters. The molecule has 21 heavy (non-hydrogen) atoms. The zero-order valence-corrected chi connectivity index (χ0v) is 12.9. The van der Waals surface area contributed by atoms with Crippen LogP contribution in [0.2, 0.25) is 0 Å². The van der Waals surface area contributed by atoms with Crippen LogP contribution in [-0.4, -0.2) is 67.0 Å². The predicted molar refractivity (Wildman–Crippen MR) is 79.6 cm³/mol. The Kier molecular flexibility index (Phi) is 5.99. The largest absolute Gasteiger partial charge is 0.379 e. The fraction of sp³-hybridized carbons (Fsp3) is 0.867. The monoisotopic (exact) mass is 297 g/mol. The van der Waals surface area contributed by atoms with E-state index < -0.39 is 0 Å². The highest BCUT2D eigenvalue weighted by Gasteiger charge is 2.27. The van der Waals surface area contributed by atoms with Crippen LogP contribution in [-0.2, 0) is 14.3 Å². The maximum atomic E-state index is 12.1. The van der Waals surface area contributed by atoms with Gasteiger partial charge in [-0.2, -0.15) is 0 Å². The first-order valence-electron chi connectivity index (χ1n) is 7.97. The van der Waals surface area contributed by atoms with Gasteiger partial charge in [0.2, 0.25) is 11.8 Å². The van der Waals surface area contributed by atoms with E-state index in [9.17, 15) is 9.59 Å². The Morgan fingerprint density at radius 2 is 1.81 bits per heavy atom. The third-order valence-electron chi connectivity index (χ3n) is 4.66. The molecule has 2 fully saturated rings. The van der Waals surface area contributed by atoms with Gasteiger partial charge in [0, 0.05) is 44.6 Å². The number of hydrogen-bond acceptors (Lipinski definition) is 4. The van der Waals surface area contributed by atoms with Crippen molar-refractivity contribution in [2.75, 3.05) is 39.4 Å². The quantitative estimate of drug-likeness (QED) is 0.787.